The van der Waals surface area contributed by atoms with Gasteiger partial charge in [-0.2, -0.15) is 0 Å². The van der Waals surface area contributed by atoms with Crippen LogP contribution in [0.3, 0.4) is 0 Å². The highest BCUT2D eigenvalue weighted by molar-refractivity contribution is 5.93. The fourth-order valence-electron chi connectivity index (χ4n) is 5.26. The van der Waals surface area contributed by atoms with E-state index in [1.807, 2.05) is 31.2 Å². The molecule has 35 heavy (non-hydrogen) atoms. The van der Waals surface area contributed by atoms with E-state index < -0.39 is 0 Å². The van der Waals surface area contributed by atoms with Gasteiger partial charge in [0.1, 0.15) is 5.82 Å². The lowest BCUT2D eigenvalue weighted by molar-refractivity contribution is -0.121. The van der Waals surface area contributed by atoms with Crippen LogP contribution in [0.25, 0.3) is 11.6 Å². The molecule has 1 aromatic heterocycles. The Morgan fingerprint density at radius 3 is 2.71 bits per heavy atom. The van der Waals surface area contributed by atoms with Crippen LogP contribution in [-0.2, 0) is 4.79 Å². The van der Waals surface area contributed by atoms with E-state index in [0.717, 1.165) is 52.9 Å². The van der Waals surface area contributed by atoms with Gasteiger partial charge in [0.25, 0.3) is 0 Å². The first-order chi connectivity index (χ1) is 16.7. The van der Waals surface area contributed by atoms with Gasteiger partial charge in [0.2, 0.25) is 0 Å². The molecule has 0 radical (unpaired) electrons. The van der Waals surface area contributed by atoms with E-state index in [1.54, 1.807) is 12.1 Å². The first-order valence-electron chi connectivity index (χ1n) is 12.4. The van der Waals surface area contributed by atoms with Gasteiger partial charge in [-0.05, 0) is 86.1 Å². The number of ketones is 1. The number of hydrogen-bond acceptors (Lipinski definition) is 1. The molecule has 0 saturated heterocycles. The number of allylic oxidation sites excluding steroid dienone is 6. The quantitative estimate of drug-likeness (QED) is 0.348. The molecular weight excluding hydrogens is 433 g/mol. The Labute approximate surface area is 208 Å². The van der Waals surface area contributed by atoms with Crippen molar-refractivity contribution in [2.45, 2.75) is 59.8 Å². The number of fused-ring (bicyclic) bond motifs is 1. The van der Waals surface area contributed by atoms with Crippen molar-refractivity contribution in [3.8, 4) is 0 Å². The lowest BCUT2D eigenvalue weighted by atomic mass is 9.70. The van der Waals surface area contributed by atoms with Crippen molar-refractivity contribution in [3.63, 3.8) is 0 Å². The number of benzene rings is 1. The number of H-pyrrole nitrogens is 1. The van der Waals surface area contributed by atoms with Crippen molar-refractivity contribution in [2.24, 2.45) is 11.3 Å². The number of rotatable bonds is 5. The minimum atomic E-state index is -0.245. The van der Waals surface area contributed by atoms with E-state index >= 15 is 0 Å². The molecule has 4 rings (SSSR count). The second kappa shape index (κ2) is 10.1. The third kappa shape index (κ3) is 5.49. The fraction of sp³-hybridized carbons (Fsp3) is 0.344. The number of aromatic nitrogens is 1. The Kier molecular flexibility index (Phi) is 7.13. The summed E-state index contributed by atoms with van der Waals surface area (Å²) in [7, 11) is 0. The van der Waals surface area contributed by atoms with E-state index in [9.17, 15) is 9.18 Å². The topological polar surface area (TPSA) is 32.9 Å². The van der Waals surface area contributed by atoms with Crippen LogP contribution in [-0.4, -0.2) is 10.8 Å². The van der Waals surface area contributed by atoms with E-state index in [4.69, 9.17) is 0 Å². The van der Waals surface area contributed by atoms with E-state index in [0.29, 0.717) is 0 Å². The van der Waals surface area contributed by atoms with Crippen molar-refractivity contribution < 1.29 is 9.18 Å². The van der Waals surface area contributed by atoms with Crippen molar-refractivity contribution in [3.05, 3.63) is 106 Å². The molecule has 2 nitrogen and oxygen atoms in total. The lowest BCUT2D eigenvalue weighted by Gasteiger charge is -2.32. The van der Waals surface area contributed by atoms with Gasteiger partial charge >= 0.3 is 0 Å². The minimum absolute atomic E-state index is 0.0590. The Hall–Kier alpha value is -3.38. The van der Waals surface area contributed by atoms with Crippen LogP contribution >= 0.6 is 0 Å². The number of carbonyl (C=O) groups is 1. The average molecular weight is 468 g/mol. The summed E-state index contributed by atoms with van der Waals surface area (Å²) < 4.78 is 13.3. The zero-order valence-corrected chi connectivity index (χ0v) is 21.3. The largest absolute Gasteiger partial charge is 0.358 e. The van der Waals surface area contributed by atoms with Gasteiger partial charge < -0.3 is 4.98 Å². The van der Waals surface area contributed by atoms with Crippen LogP contribution in [0.5, 0.6) is 0 Å². The van der Waals surface area contributed by atoms with Gasteiger partial charge in [-0.15, -0.1) is 11.5 Å². The fourth-order valence-corrected chi connectivity index (χ4v) is 5.26. The summed E-state index contributed by atoms with van der Waals surface area (Å²) in [5.41, 5.74) is 14.1. The molecule has 1 aromatic carbocycles. The zero-order valence-electron chi connectivity index (χ0n) is 21.3. The minimum Gasteiger partial charge on any atom is -0.358 e. The number of aromatic amines is 1. The SMILES string of the molecule is CC(=CC(=O)C1CCC=C(C2=C=CC=C=Cc3[nH]c(C)cc32)CC1(C)C)C(C)c1ccc(F)cc1. The lowest BCUT2D eigenvalue weighted by Crippen LogP contribution is -2.30. The van der Waals surface area contributed by atoms with E-state index in [1.165, 1.54) is 17.7 Å². The molecule has 180 valence electrons. The van der Waals surface area contributed by atoms with Crippen LogP contribution in [0.15, 0.2) is 77.2 Å². The molecule has 0 spiro atoms. The summed E-state index contributed by atoms with van der Waals surface area (Å²) >= 11 is 0. The van der Waals surface area contributed by atoms with Crippen LogP contribution in [0.1, 0.15) is 75.4 Å². The summed E-state index contributed by atoms with van der Waals surface area (Å²) in [6.07, 6.45) is 12.4. The second-order valence-electron chi connectivity index (χ2n) is 10.5. The molecule has 0 aliphatic heterocycles. The summed E-state index contributed by atoms with van der Waals surface area (Å²) in [4.78, 5) is 17.0. The van der Waals surface area contributed by atoms with Crippen molar-refractivity contribution in [2.75, 3.05) is 0 Å². The normalized spacial score (nSPS) is 20.3. The van der Waals surface area contributed by atoms with Crippen LogP contribution in [0.4, 0.5) is 4.39 Å². The first kappa shape index (κ1) is 24.7. The van der Waals surface area contributed by atoms with Crippen molar-refractivity contribution in [1.29, 1.82) is 0 Å². The third-order valence-electron chi connectivity index (χ3n) is 7.41. The van der Waals surface area contributed by atoms with Crippen molar-refractivity contribution >= 4 is 17.4 Å². The second-order valence-corrected chi connectivity index (χ2v) is 10.5. The molecule has 3 heteroatoms. The number of aryl methyl sites for hydroxylation is 1. The molecule has 0 saturated carbocycles. The Morgan fingerprint density at radius 2 is 1.97 bits per heavy atom. The predicted octanol–water partition coefficient (Wildman–Crippen LogP) is 8.25. The number of carbonyl (C=O) groups excluding carboxylic acids is 1. The zero-order chi connectivity index (χ0) is 25.2. The number of hydrogen-bond donors (Lipinski definition) is 1. The third-order valence-corrected chi connectivity index (χ3v) is 7.41. The number of nitrogens with one attached hydrogen (secondary N) is 1. The van der Waals surface area contributed by atoms with Gasteiger partial charge in [0, 0.05) is 34.7 Å². The molecule has 1 N–H and O–H groups in total. The first-order valence-corrected chi connectivity index (χ1v) is 12.4. The molecule has 0 amide bonds. The van der Waals surface area contributed by atoms with E-state index in [-0.39, 0.29) is 28.9 Å². The van der Waals surface area contributed by atoms with Gasteiger partial charge in [0.05, 0.1) is 5.69 Å². The predicted molar refractivity (Wildman–Crippen MR) is 142 cm³/mol. The summed E-state index contributed by atoms with van der Waals surface area (Å²) in [5, 5.41) is 0. The molecule has 2 atom stereocenters. The Bertz CT molecular complexity index is 1320. The molecule has 2 aromatic rings. The van der Waals surface area contributed by atoms with Gasteiger partial charge in [-0.3, -0.25) is 4.79 Å². The molecular formula is C32H34FNO. The monoisotopic (exact) mass is 467 g/mol. The van der Waals surface area contributed by atoms with Gasteiger partial charge in [0.15, 0.2) is 5.78 Å². The highest BCUT2D eigenvalue weighted by Crippen LogP contribution is 2.44. The van der Waals surface area contributed by atoms with Crippen LogP contribution < -0.4 is 0 Å². The van der Waals surface area contributed by atoms with Crippen LogP contribution in [0.2, 0.25) is 0 Å². The summed E-state index contributed by atoms with van der Waals surface area (Å²) in [5.74, 6) is -0.0755. The molecule has 1 heterocycles. The Balaban J connectivity index is 1.57. The molecule has 2 aliphatic rings. The van der Waals surface area contributed by atoms with Crippen molar-refractivity contribution in [1.82, 2.24) is 4.98 Å². The molecule has 0 bridgehead atoms. The summed E-state index contributed by atoms with van der Waals surface area (Å²) in [6.45, 7) is 10.5. The van der Waals surface area contributed by atoms with E-state index in [2.05, 4.69) is 56.3 Å². The Morgan fingerprint density at radius 1 is 1.23 bits per heavy atom. The molecule has 0 fully saturated rings. The average Bonchev–Trinajstić information content (AvgIpc) is 3.06. The van der Waals surface area contributed by atoms with Gasteiger partial charge in [-0.1, -0.05) is 44.6 Å². The highest BCUT2D eigenvalue weighted by atomic mass is 19.1. The standard InChI is InChI=1S/C32H34FNO/c1-21(23(3)24-14-16-26(33)17-15-24)18-31(35)29-12-9-10-25(20-32(29,4)5)27-11-7-6-8-13-30-28(27)19-22(2)34-30/h6-7,10,13-19,23,29,34H,9,12,20H2,1-5H3. The maximum absolute atomic E-state index is 13.5. The van der Waals surface area contributed by atoms with Crippen LogP contribution in [0, 0.1) is 24.1 Å². The smallest absolute Gasteiger partial charge is 0.159 e. The summed E-state index contributed by atoms with van der Waals surface area (Å²) in [6, 6.07) is 8.71. The van der Waals surface area contributed by atoms with Gasteiger partial charge in [-0.25, -0.2) is 4.39 Å². The maximum atomic E-state index is 13.5. The molecule has 2 aliphatic carbocycles. The molecule has 2 unspecified atom stereocenters. The number of halogens is 1. The maximum Gasteiger partial charge on any atom is 0.159 e. The highest BCUT2D eigenvalue weighted by Gasteiger charge is 2.37.